The number of aromatic hydroxyl groups is 2. The second kappa shape index (κ2) is 6.45. The zero-order chi connectivity index (χ0) is 18.0. The molecule has 0 saturated heterocycles. The predicted molar refractivity (Wildman–Crippen MR) is 88.1 cm³/mol. The van der Waals surface area contributed by atoms with Crippen molar-refractivity contribution in [3.8, 4) is 23.0 Å². The Morgan fingerprint density at radius 1 is 0.720 bits per heavy atom. The van der Waals surface area contributed by atoms with Gasteiger partial charge in [-0.2, -0.15) is 0 Å². The third-order valence-corrected chi connectivity index (χ3v) is 5.16. The fourth-order valence-corrected chi connectivity index (χ4v) is 3.46. The summed E-state index contributed by atoms with van der Waals surface area (Å²) in [5.41, 5.74) is 0. The third kappa shape index (κ3) is 3.72. The van der Waals surface area contributed by atoms with Gasteiger partial charge in [0, 0.05) is 18.2 Å². The van der Waals surface area contributed by atoms with Crippen LogP contribution in [0.5, 0.6) is 23.0 Å². The molecule has 0 unspecified atom stereocenters. The molecule has 0 heterocycles. The minimum Gasteiger partial charge on any atom is -0.508 e. The summed E-state index contributed by atoms with van der Waals surface area (Å²) >= 11 is 0. The van der Waals surface area contributed by atoms with Gasteiger partial charge in [0.1, 0.15) is 28.8 Å². The fourth-order valence-electron chi connectivity index (χ4n) is 2.20. The quantitative estimate of drug-likeness (QED) is 0.690. The van der Waals surface area contributed by atoms with E-state index >= 15 is 0 Å². The van der Waals surface area contributed by atoms with Gasteiger partial charge in [0.25, 0.3) is 0 Å². The molecule has 0 bridgehead atoms. The third-order valence-electron chi connectivity index (χ3n) is 3.37. The molecule has 0 fully saturated rings. The van der Waals surface area contributed by atoms with Crippen molar-refractivity contribution < 1.29 is 27.8 Å². The molecule has 0 spiro atoms. The molecule has 0 aliphatic heterocycles. The number of benzene rings is 3. The van der Waals surface area contributed by atoms with Crippen molar-refractivity contribution in [2.75, 3.05) is 0 Å². The largest absolute Gasteiger partial charge is 0.508 e. The molecule has 2 N–H and O–H groups in total. The molecule has 7 heteroatoms. The van der Waals surface area contributed by atoms with Gasteiger partial charge < -0.3 is 14.9 Å². The van der Waals surface area contributed by atoms with Crippen LogP contribution in [0.15, 0.2) is 76.5 Å². The number of hydrogen-bond donors (Lipinski definition) is 2. The van der Waals surface area contributed by atoms with Crippen molar-refractivity contribution in [1.82, 2.24) is 0 Å². The van der Waals surface area contributed by atoms with E-state index in [2.05, 4.69) is 0 Å². The molecule has 0 aromatic heterocycles. The molecular formula is C18H13FO5S. The first-order valence-electron chi connectivity index (χ1n) is 7.16. The lowest BCUT2D eigenvalue weighted by molar-refractivity contribution is 0.431. The monoisotopic (exact) mass is 360 g/mol. The Morgan fingerprint density at radius 3 is 1.72 bits per heavy atom. The van der Waals surface area contributed by atoms with Crippen LogP contribution in [-0.2, 0) is 9.84 Å². The summed E-state index contributed by atoms with van der Waals surface area (Å²) in [6.45, 7) is 0. The number of phenols is 2. The highest BCUT2D eigenvalue weighted by molar-refractivity contribution is 7.91. The van der Waals surface area contributed by atoms with Crippen LogP contribution in [0.4, 0.5) is 4.39 Å². The normalized spacial score (nSPS) is 11.2. The van der Waals surface area contributed by atoms with E-state index in [1.54, 1.807) is 0 Å². The summed E-state index contributed by atoms with van der Waals surface area (Å²) in [5.74, 6) is -0.317. The van der Waals surface area contributed by atoms with Crippen LogP contribution in [0.3, 0.4) is 0 Å². The highest BCUT2D eigenvalue weighted by Crippen LogP contribution is 2.30. The zero-order valence-electron chi connectivity index (χ0n) is 12.8. The van der Waals surface area contributed by atoms with Gasteiger partial charge in [-0.25, -0.2) is 12.8 Å². The van der Waals surface area contributed by atoms with Crippen molar-refractivity contribution in [3.05, 3.63) is 72.5 Å². The van der Waals surface area contributed by atoms with Crippen LogP contribution in [0.2, 0.25) is 0 Å². The molecule has 0 saturated carbocycles. The van der Waals surface area contributed by atoms with Crippen LogP contribution in [-0.4, -0.2) is 18.6 Å². The first-order chi connectivity index (χ1) is 11.8. The van der Waals surface area contributed by atoms with E-state index < -0.39 is 15.7 Å². The molecule has 3 aromatic rings. The Morgan fingerprint density at radius 2 is 1.20 bits per heavy atom. The molecule has 0 atom stereocenters. The van der Waals surface area contributed by atoms with Crippen LogP contribution < -0.4 is 4.74 Å². The predicted octanol–water partition coefficient (Wildman–Crippen LogP) is 3.86. The first kappa shape index (κ1) is 16.8. The summed E-state index contributed by atoms with van der Waals surface area (Å²) in [6, 6.07) is 13.9. The number of hydrogen-bond acceptors (Lipinski definition) is 5. The van der Waals surface area contributed by atoms with Crippen molar-refractivity contribution in [2.45, 2.75) is 9.79 Å². The Labute approximate surface area is 143 Å². The van der Waals surface area contributed by atoms with Crippen LogP contribution >= 0.6 is 0 Å². The van der Waals surface area contributed by atoms with E-state index in [0.717, 1.165) is 18.2 Å². The van der Waals surface area contributed by atoms with Gasteiger partial charge in [-0.1, -0.05) is 0 Å². The van der Waals surface area contributed by atoms with E-state index in [-0.39, 0.29) is 27.0 Å². The molecule has 0 aliphatic rings. The smallest absolute Gasteiger partial charge is 0.206 e. The molecule has 0 aliphatic carbocycles. The second-order valence-electron chi connectivity index (χ2n) is 5.22. The van der Waals surface area contributed by atoms with E-state index in [1.165, 1.54) is 48.5 Å². The van der Waals surface area contributed by atoms with Gasteiger partial charge in [-0.15, -0.1) is 0 Å². The molecular weight excluding hydrogens is 347 g/mol. The minimum absolute atomic E-state index is 0.0135. The van der Waals surface area contributed by atoms with Crippen LogP contribution in [0.25, 0.3) is 0 Å². The van der Waals surface area contributed by atoms with Crippen LogP contribution in [0.1, 0.15) is 0 Å². The number of rotatable bonds is 4. The van der Waals surface area contributed by atoms with Crippen molar-refractivity contribution >= 4 is 9.84 Å². The number of phenolic OH excluding ortho intramolecular Hbond substituents is 2. The summed E-state index contributed by atoms with van der Waals surface area (Å²) in [5, 5.41) is 18.8. The van der Waals surface area contributed by atoms with Crippen molar-refractivity contribution in [3.63, 3.8) is 0 Å². The number of ether oxygens (including phenoxy) is 1. The van der Waals surface area contributed by atoms with Gasteiger partial charge in [0.05, 0.1) is 9.79 Å². The Hall–Kier alpha value is -3.06. The summed E-state index contributed by atoms with van der Waals surface area (Å²) in [4.78, 5) is 0.0192. The summed E-state index contributed by atoms with van der Waals surface area (Å²) < 4.78 is 43.4. The molecule has 25 heavy (non-hydrogen) atoms. The van der Waals surface area contributed by atoms with Gasteiger partial charge >= 0.3 is 0 Å². The van der Waals surface area contributed by atoms with E-state index in [9.17, 15) is 23.0 Å². The second-order valence-corrected chi connectivity index (χ2v) is 7.17. The molecule has 3 rings (SSSR count). The first-order valence-corrected chi connectivity index (χ1v) is 8.64. The van der Waals surface area contributed by atoms with Crippen molar-refractivity contribution in [1.29, 1.82) is 0 Å². The standard InChI is InChI=1S/C18H13FO5S/c19-12-1-5-17(6-2-12)25(22,23)18-7-3-15(4-8-18)24-16-10-13(20)9-14(21)11-16/h1-11,20-21H. The zero-order valence-corrected chi connectivity index (χ0v) is 13.6. The van der Waals surface area contributed by atoms with E-state index in [0.29, 0.717) is 5.75 Å². The number of sulfone groups is 1. The van der Waals surface area contributed by atoms with Gasteiger partial charge in [-0.3, -0.25) is 0 Å². The molecule has 5 nitrogen and oxygen atoms in total. The van der Waals surface area contributed by atoms with Gasteiger partial charge in [-0.05, 0) is 48.5 Å². The molecule has 0 radical (unpaired) electrons. The van der Waals surface area contributed by atoms with Gasteiger partial charge in [0.2, 0.25) is 9.84 Å². The highest BCUT2D eigenvalue weighted by Gasteiger charge is 2.17. The van der Waals surface area contributed by atoms with E-state index in [1.807, 2.05) is 0 Å². The Bertz CT molecular complexity index is 976. The Kier molecular flexibility index (Phi) is 4.33. The lowest BCUT2D eigenvalue weighted by Crippen LogP contribution is -2.01. The Balaban J connectivity index is 1.85. The maximum absolute atomic E-state index is 12.9. The maximum atomic E-state index is 12.9. The van der Waals surface area contributed by atoms with Crippen LogP contribution in [0, 0.1) is 5.82 Å². The topological polar surface area (TPSA) is 83.8 Å². The highest BCUT2D eigenvalue weighted by atomic mass is 32.2. The lowest BCUT2D eigenvalue weighted by atomic mass is 10.3. The average molecular weight is 360 g/mol. The average Bonchev–Trinajstić information content (AvgIpc) is 2.55. The molecule has 128 valence electrons. The lowest BCUT2D eigenvalue weighted by Gasteiger charge is -2.08. The summed E-state index contributed by atoms with van der Waals surface area (Å²) in [7, 11) is -3.76. The molecule has 0 amide bonds. The van der Waals surface area contributed by atoms with Gasteiger partial charge in [0.15, 0.2) is 0 Å². The number of halogens is 1. The van der Waals surface area contributed by atoms with Crippen molar-refractivity contribution in [2.24, 2.45) is 0 Å². The SMILES string of the molecule is O=S(=O)(c1ccc(F)cc1)c1ccc(Oc2cc(O)cc(O)c2)cc1. The van der Waals surface area contributed by atoms with E-state index in [4.69, 9.17) is 4.74 Å². The summed E-state index contributed by atoms with van der Waals surface area (Å²) in [6.07, 6.45) is 0. The maximum Gasteiger partial charge on any atom is 0.206 e. The molecule has 3 aromatic carbocycles. The minimum atomic E-state index is -3.76. The fraction of sp³-hybridized carbons (Fsp3) is 0.